The number of hydrogen-bond donors (Lipinski definition) is 2. The van der Waals surface area contributed by atoms with Crippen LogP contribution in [0, 0.1) is 0 Å². The number of nitrogen functional groups attached to an aromatic ring is 2. The summed E-state index contributed by atoms with van der Waals surface area (Å²) in [6.45, 7) is 9.28. The Morgan fingerprint density at radius 3 is 1.34 bits per heavy atom. The molecular formula is C22H34N8O8. The lowest BCUT2D eigenvalue weighted by atomic mass is 10.2. The fraction of sp³-hybridized carbons (Fsp3) is 0.545. The van der Waals surface area contributed by atoms with Gasteiger partial charge in [0.15, 0.2) is 0 Å². The van der Waals surface area contributed by atoms with E-state index < -0.39 is 35.3 Å². The van der Waals surface area contributed by atoms with E-state index in [0.29, 0.717) is 21.5 Å². The van der Waals surface area contributed by atoms with Crippen LogP contribution in [-0.2, 0) is 41.8 Å². The zero-order valence-electron chi connectivity index (χ0n) is 22.2. The number of amides is 2. The zero-order valence-corrected chi connectivity index (χ0v) is 22.2. The van der Waals surface area contributed by atoms with Gasteiger partial charge in [0.05, 0.1) is 49.9 Å². The first-order valence-corrected chi connectivity index (χ1v) is 11.5. The molecular weight excluding hydrogens is 504 g/mol. The summed E-state index contributed by atoms with van der Waals surface area (Å²) in [7, 11) is 0. The van der Waals surface area contributed by atoms with Crippen molar-refractivity contribution in [1.82, 2.24) is 29.7 Å². The molecule has 16 nitrogen and oxygen atoms in total. The predicted octanol–water partition coefficient (Wildman–Crippen LogP) is 1.33. The predicted molar refractivity (Wildman–Crippen MR) is 131 cm³/mol. The molecule has 0 spiro atoms. The highest BCUT2D eigenvalue weighted by Gasteiger charge is 2.33. The first-order valence-electron chi connectivity index (χ1n) is 11.5. The molecule has 2 rings (SSSR count). The smallest absolute Gasteiger partial charge is 0.442 e. The summed E-state index contributed by atoms with van der Waals surface area (Å²) in [5.74, 6) is -3.18. The van der Waals surface area contributed by atoms with E-state index in [1.807, 2.05) is 0 Å². The lowest BCUT2D eigenvalue weighted by Crippen LogP contribution is -2.44. The third kappa shape index (κ3) is 10.2. The molecule has 210 valence electrons. The highest BCUT2D eigenvalue weighted by atomic mass is 16.8. The van der Waals surface area contributed by atoms with Crippen LogP contribution in [0.4, 0.5) is 21.0 Å². The second kappa shape index (κ2) is 12.2. The van der Waals surface area contributed by atoms with Crippen LogP contribution in [0.15, 0.2) is 24.8 Å². The van der Waals surface area contributed by atoms with Crippen LogP contribution in [0.2, 0.25) is 0 Å². The van der Waals surface area contributed by atoms with Gasteiger partial charge in [0.25, 0.3) is 0 Å². The Balaban J connectivity index is 2.11. The van der Waals surface area contributed by atoms with Gasteiger partial charge in [-0.15, -0.1) is 10.1 Å². The maximum atomic E-state index is 12.6. The second-order valence-electron chi connectivity index (χ2n) is 10.00. The van der Waals surface area contributed by atoms with Crippen molar-refractivity contribution < 1.29 is 38.3 Å². The number of ether oxygens (including phenoxy) is 2. The molecule has 0 aliphatic heterocycles. The van der Waals surface area contributed by atoms with Crippen LogP contribution in [-0.4, -0.2) is 78.1 Å². The SMILES string of the molecule is CC(C)(C)OC(=O)N(CCn1cc(N)cn1)OC(=O)C(=O)ON(CCn1cc(N)cn1)C(=O)OC(C)(C)C. The van der Waals surface area contributed by atoms with E-state index in [2.05, 4.69) is 10.2 Å². The molecule has 0 atom stereocenters. The third-order valence-corrected chi connectivity index (χ3v) is 4.12. The molecule has 0 bridgehead atoms. The molecule has 0 aliphatic carbocycles. The van der Waals surface area contributed by atoms with E-state index in [1.165, 1.54) is 34.2 Å². The van der Waals surface area contributed by atoms with Crippen LogP contribution in [0.1, 0.15) is 41.5 Å². The number of anilines is 2. The number of rotatable bonds is 6. The van der Waals surface area contributed by atoms with Crippen LogP contribution < -0.4 is 11.5 Å². The summed E-state index contributed by atoms with van der Waals surface area (Å²) in [4.78, 5) is 60.2. The summed E-state index contributed by atoms with van der Waals surface area (Å²) in [6, 6.07) is 0. The maximum absolute atomic E-state index is 12.6. The normalized spacial score (nSPS) is 11.4. The molecule has 2 heterocycles. The van der Waals surface area contributed by atoms with Crippen molar-refractivity contribution in [3.63, 3.8) is 0 Å². The highest BCUT2D eigenvalue weighted by Crippen LogP contribution is 2.13. The second-order valence-corrected chi connectivity index (χ2v) is 10.00. The molecule has 2 amide bonds. The summed E-state index contributed by atoms with van der Waals surface area (Å²) >= 11 is 0. The van der Waals surface area contributed by atoms with Gasteiger partial charge in [0.2, 0.25) is 0 Å². The first-order chi connectivity index (χ1) is 17.5. The van der Waals surface area contributed by atoms with E-state index in [4.69, 9.17) is 30.6 Å². The first kappa shape index (κ1) is 29.7. The number of hydroxylamine groups is 4. The Hall–Kier alpha value is -4.50. The van der Waals surface area contributed by atoms with Gasteiger partial charge in [-0.25, -0.2) is 19.2 Å². The Labute approximate surface area is 219 Å². The molecule has 0 aliphatic rings. The van der Waals surface area contributed by atoms with Gasteiger partial charge in [-0.1, -0.05) is 0 Å². The van der Waals surface area contributed by atoms with Gasteiger partial charge in [-0.3, -0.25) is 9.36 Å². The van der Waals surface area contributed by atoms with Crippen LogP contribution in [0.25, 0.3) is 0 Å². The largest absolute Gasteiger partial charge is 0.444 e. The average Bonchev–Trinajstić information content (AvgIpc) is 3.38. The minimum Gasteiger partial charge on any atom is -0.442 e. The summed E-state index contributed by atoms with van der Waals surface area (Å²) in [5.41, 5.74) is 10.2. The number of carbonyl (C=O) groups excluding carboxylic acids is 4. The number of aromatic nitrogens is 4. The molecule has 4 N–H and O–H groups in total. The lowest BCUT2D eigenvalue weighted by Gasteiger charge is -2.27. The van der Waals surface area contributed by atoms with Crippen molar-refractivity contribution in [3.8, 4) is 0 Å². The summed E-state index contributed by atoms with van der Waals surface area (Å²) < 4.78 is 13.3. The fourth-order valence-electron chi connectivity index (χ4n) is 2.64. The minimum atomic E-state index is -1.59. The highest BCUT2D eigenvalue weighted by molar-refractivity contribution is 6.29. The fourth-order valence-corrected chi connectivity index (χ4v) is 2.64. The Bertz CT molecular complexity index is 1040. The molecule has 16 heteroatoms. The van der Waals surface area contributed by atoms with Crippen LogP contribution in [0.5, 0.6) is 0 Å². The molecule has 0 saturated heterocycles. The molecule has 0 fully saturated rings. The van der Waals surface area contributed by atoms with Gasteiger partial charge < -0.3 is 30.6 Å². The molecule has 0 aromatic carbocycles. The molecule has 38 heavy (non-hydrogen) atoms. The van der Waals surface area contributed by atoms with Gasteiger partial charge in [0, 0.05) is 12.4 Å². The van der Waals surface area contributed by atoms with Gasteiger partial charge >= 0.3 is 24.1 Å². The van der Waals surface area contributed by atoms with E-state index in [0.717, 1.165) is 0 Å². The lowest BCUT2D eigenvalue weighted by molar-refractivity contribution is -0.211. The Morgan fingerprint density at radius 1 is 0.737 bits per heavy atom. The summed E-state index contributed by atoms with van der Waals surface area (Å²) in [6.07, 6.45) is 3.69. The minimum absolute atomic E-state index is 0.0514. The van der Waals surface area contributed by atoms with Crippen molar-refractivity contribution in [1.29, 1.82) is 0 Å². The van der Waals surface area contributed by atoms with Crippen LogP contribution >= 0.6 is 0 Å². The van der Waals surface area contributed by atoms with Crippen LogP contribution in [0.3, 0.4) is 0 Å². The standard InChI is InChI=1S/C22H34N8O8/c1-21(2,3)35-19(33)29(9-7-27-13-15(23)11-25-27)37-17(31)18(32)38-30(20(34)36-22(4,5)6)10-8-28-14-16(24)12-26-28/h11-14H,7-10,23-24H2,1-6H3. The Kier molecular flexibility index (Phi) is 9.51. The molecule has 0 unspecified atom stereocenters. The number of nitrogens with zero attached hydrogens (tertiary/aromatic N) is 6. The quantitative estimate of drug-likeness (QED) is 0.395. The molecule has 0 radical (unpaired) electrons. The molecule has 0 saturated carbocycles. The van der Waals surface area contributed by atoms with Crippen molar-refractivity contribution >= 4 is 35.5 Å². The average molecular weight is 539 g/mol. The monoisotopic (exact) mass is 538 g/mol. The number of nitrogens with two attached hydrogens (primary N) is 2. The van der Waals surface area contributed by atoms with Crippen molar-refractivity contribution in [3.05, 3.63) is 24.8 Å². The van der Waals surface area contributed by atoms with E-state index >= 15 is 0 Å². The van der Waals surface area contributed by atoms with E-state index in [-0.39, 0.29) is 26.2 Å². The van der Waals surface area contributed by atoms with E-state index in [9.17, 15) is 19.2 Å². The van der Waals surface area contributed by atoms with E-state index in [1.54, 1.807) is 41.5 Å². The summed E-state index contributed by atoms with van der Waals surface area (Å²) in [5, 5.41) is 9.03. The number of carbonyl (C=O) groups is 4. The topological polar surface area (TPSA) is 199 Å². The van der Waals surface area contributed by atoms with Gasteiger partial charge in [0.1, 0.15) is 11.2 Å². The number of hydrogen-bond acceptors (Lipinski definition) is 12. The van der Waals surface area contributed by atoms with Crippen molar-refractivity contribution in [2.75, 3.05) is 24.6 Å². The zero-order chi connectivity index (χ0) is 28.7. The molecule has 2 aromatic rings. The van der Waals surface area contributed by atoms with Crippen molar-refractivity contribution in [2.45, 2.75) is 65.8 Å². The Morgan fingerprint density at radius 2 is 1.08 bits per heavy atom. The molecule has 2 aromatic heterocycles. The van der Waals surface area contributed by atoms with Crippen molar-refractivity contribution in [2.24, 2.45) is 0 Å². The van der Waals surface area contributed by atoms with Gasteiger partial charge in [-0.2, -0.15) is 10.2 Å². The third-order valence-electron chi connectivity index (χ3n) is 4.12. The van der Waals surface area contributed by atoms with Gasteiger partial charge in [-0.05, 0) is 41.5 Å². The maximum Gasteiger partial charge on any atom is 0.444 e.